The van der Waals surface area contributed by atoms with E-state index in [2.05, 4.69) is 15.0 Å². The van der Waals surface area contributed by atoms with Gasteiger partial charge in [-0.3, -0.25) is 9.78 Å². The molecular formula is C22H18F2N4O2. The van der Waals surface area contributed by atoms with Crippen LogP contribution in [-0.4, -0.2) is 50.9 Å². The summed E-state index contributed by atoms with van der Waals surface area (Å²) in [6.45, 7) is -0.295. The zero-order valence-corrected chi connectivity index (χ0v) is 15.9. The Balaban J connectivity index is 1.39. The van der Waals surface area contributed by atoms with Gasteiger partial charge in [0, 0.05) is 36.8 Å². The number of nitrogens with zero attached hydrogens (tertiary/aromatic N) is 3. The van der Waals surface area contributed by atoms with Crippen LogP contribution in [-0.2, 0) is 0 Å². The smallest absolute Gasteiger partial charge is 0.287 e. The summed E-state index contributed by atoms with van der Waals surface area (Å²) in [6.07, 6.45) is 1.19. The summed E-state index contributed by atoms with van der Waals surface area (Å²) < 4.78 is 34.8. The Morgan fingerprint density at radius 1 is 1.17 bits per heavy atom. The number of benzene rings is 1. The Kier molecular flexibility index (Phi) is 4.34. The molecule has 0 bridgehead atoms. The first-order valence-electron chi connectivity index (χ1n) is 9.63. The van der Waals surface area contributed by atoms with Gasteiger partial charge in [-0.05, 0) is 24.3 Å². The van der Waals surface area contributed by atoms with Gasteiger partial charge in [0.1, 0.15) is 5.52 Å². The first-order chi connectivity index (χ1) is 14.5. The highest BCUT2D eigenvalue weighted by Gasteiger charge is 2.47. The lowest BCUT2D eigenvalue weighted by Crippen LogP contribution is -2.55. The number of amides is 1. The van der Waals surface area contributed by atoms with Crippen molar-refractivity contribution in [2.24, 2.45) is 0 Å². The second kappa shape index (κ2) is 7.05. The highest BCUT2D eigenvalue weighted by atomic mass is 19.3. The minimum absolute atomic E-state index is 0.0592. The number of piperidine rings is 1. The minimum atomic E-state index is -3.07. The molecule has 0 radical (unpaired) electrons. The number of ether oxygens (including phenoxy) is 1. The van der Waals surface area contributed by atoms with E-state index in [9.17, 15) is 13.6 Å². The highest BCUT2D eigenvalue weighted by Crippen LogP contribution is 2.33. The van der Waals surface area contributed by atoms with Gasteiger partial charge in [0.05, 0.1) is 23.1 Å². The number of pyridine rings is 2. The van der Waals surface area contributed by atoms with Crippen molar-refractivity contribution in [3.8, 4) is 5.88 Å². The molecule has 1 fully saturated rings. The van der Waals surface area contributed by atoms with E-state index in [4.69, 9.17) is 4.74 Å². The molecule has 1 aliphatic heterocycles. The molecule has 1 saturated heterocycles. The summed E-state index contributed by atoms with van der Waals surface area (Å²) in [6, 6.07) is 14.3. The van der Waals surface area contributed by atoms with Crippen LogP contribution in [0.15, 0.2) is 60.9 Å². The standard InChI is InChI=1S/C22H18F2N4O2/c23-22(24)9-11-28(21(29)15-12-26-17-6-3-10-25-20(15)17)13-18(22)30-19-8-7-14-4-1-2-5-16(14)27-19/h1-8,10,12,18,26H,9,11,13H2. The Labute approximate surface area is 170 Å². The van der Waals surface area contributed by atoms with Gasteiger partial charge in [-0.1, -0.05) is 18.2 Å². The molecular weight excluding hydrogens is 390 g/mol. The van der Waals surface area contributed by atoms with Crippen LogP contribution in [0.25, 0.3) is 21.9 Å². The molecule has 0 aliphatic carbocycles. The summed E-state index contributed by atoms with van der Waals surface area (Å²) in [7, 11) is 0. The molecule has 1 atom stereocenters. The summed E-state index contributed by atoms with van der Waals surface area (Å²) in [5.74, 6) is -3.31. The summed E-state index contributed by atoms with van der Waals surface area (Å²) >= 11 is 0. The number of carbonyl (C=O) groups excluding carboxylic acids is 1. The third-order valence-corrected chi connectivity index (χ3v) is 5.36. The van der Waals surface area contributed by atoms with Crippen LogP contribution in [0.4, 0.5) is 8.78 Å². The molecule has 152 valence electrons. The second-order valence-corrected chi connectivity index (χ2v) is 7.31. The molecule has 0 saturated carbocycles. The van der Waals surface area contributed by atoms with E-state index < -0.39 is 18.4 Å². The summed E-state index contributed by atoms with van der Waals surface area (Å²) in [5.41, 5.74) is 2.26. The van der Waals surface area contributed by atoms with Gasteiger partial charge >= 0.3 is 0 Å². The van der Waals surface area contributed by atoms with Crippen molar-refractivity contribution >= 4 is 27.8 Å². The fourth-order valence-corrected chi connectivity index (χ4v) is 3.72. The molecule has 0 spiro atoms. The number of nitrogens with one attached hydrogen (secondary N) is 1. The fraction of sp³-hybridized carbons (Fsp3) is 0.227. The quantitative estimate of drug-likeness (QED) is 0.555. The molecule has 1 N–H and O–H groups in total. The largest absolute Gasteiger partial charge is 0.466 e. The number of H-pyrrole nitrogens is 1. The molecule has 30 heavy (non-hydrogen) atoms. The molecule has 4 heterocycles. The summed E-state index contributed by atoms with van der Waals surface area (Å²) in [5, 5.41) is 0.892. The number of halogens is 2. The van der Waals surface area contributed by atoms with Crippen LogP contribution in [0.3, 0.4) is 0 Å². The lowest BCUT2D eigenvalue weighted by molar-refractivity contribution is -0.131. The van der Waals surface area contributed by atoms with Crippen molar-refractivity contribution in [2.75, 3.05) is 13.1 Å². The number of hydrogen-bond donors (Lipinski definition) is 1. The fourth-order valence-electron chi connectivity index (χ4n) is 3.72. The number of aromatic nitrogens is 3. The van der Waals surface area contributed by atoms with Crippen molar-refractivity contribution in [3.63, 3.8) is 0 Å². The number of aromatic amines is 1. The van der Waals surface area contributed by atoms with Gasteiger partial charge < -0.3 is 14.6 Å². The second-order valence-electron chi connectivity index (χ2n) is 7.31. The van der Waals surface area contributed by atoms with Crippen molar-refractivity contribution in [1.82, 2.24) is 19.9 Å². The topological polar surface area (TPSA) is 71.1 Å². The molecule has 5 rings (SSSR count). The van der Waals surface area contributed by atoms with E-state index in [1.54, 1.807) is 42.7 Å². The molecule has 1 aliphatic rings. The number of likely N-dealkylation sites (tertiary alicyclic amines) is 1. The SMILES string of the molecule is O=C(c1c[nH]c2cccnc12)N1CCC(F)(F)C(Oc2ccc3ccccc3n2)C1. The Morgan fingerprint density at radius 3 is 2.93 bits per heavy atom. The highest BCUT2D eigenvalue weighted by molar-refractivity contribution is 6.05. The maximum absolute atomic E-state index is 14.6. The number of hydrogen-bond acceptors (Lipinski definition) is 4. The Hall–Kier alpha value is -3.55. The maximum Gasteiger partial charge on any atom is 0.287 e. The minimum Gasteiger partial charge on any atom is -0.466 e. The van der Waals surface area contributed by atoms with Crippen LogP contribution in [0.2, 0.25) is 0 Å². The third kappa shape index (κ3) is 3.24. The first kappa shape index (κ1) is 18.5. The zero-order chi connectivity index (χ0) is 20.7. The van der Waals surface area contributed by atoms with Crippen molar-refractivity contribution in [2.45, 2.75) is 18.4 Å². The predicted octanol–water partition coefficient (Wildman–Crippen LogP) is 4.04. The average molecular weight is 408 g/mol. The van der Waals surface area contributed by atoms with Gasteiger partial charge in [0.2, 0.25) is 5.88 Å². The number of rotatable bonds is 3. The van der Waals surface area contributed by atoms with Crippen LogP contribution in [0.5, 0.6) is 5.88 Å². The predicted molar refractivity (Wildman–Crippen MR) is 108 cm³/mol. The van der Waals surface area contributed by atoms with E-state index in [1.807, 2.05) is 18.2 Å². The number of carbonyl (C=O) groups is 1. The molecule has 1 amide bonds. The first-order valence-corrected chi connectivity index (χ1v) is 9.63. The van der Waals surface area contributed by atoms with Gasteiger partial charge in [0.25, 0.3) is 11.8 Å². The third-order valence-electron chi connectivity index (χ3n) is 5.36. The van der Waals surface area contributed by atoms with E-state index in [0.717, 1.165) is 10.9 Å². The van der Waals surface area contributed by atoms with E-state index >= 15 is 0 Å². The van der Waals surface area contributed by atoms with Crippen LogP contribution in [0.1, 0.15) is 16.8 Å². The van der Waals surface area contributed by atoms with Gasteiger partial charge in [-0.2, -0.15) is 0 Å². The summed E-state index contributed by atoms with van der Waals surface area (Å²) in [4.78, 5) is 25.9. The molecule has 1 aromatic carbocycles. The van der Waals surface area contributed by atoms with Gasteiger partial charge in [0.15, 0.2) is 6.10 Å². The molecule has 1 unspecified atom stereocenters. The zero-order valence-electron chi connectivity index (χ0n) is 15.9. The van der Waals surface area contributed by atoms with E-state index in [1.165, 1.54) is 4.90 Å². The number of fused-ring (bicyclic) bond motifs is 2. The van der Waals surface area contributed by atoms with Crippen LogP contribution >= 0.6 is 0 Å². The number of alkyl halides is 2. The van der Waals surface area contributed by atoms with Crippen LogP contribution in [0, 0.1) is 0 Å². The van der Waals surface area contributed by atoms with E-state index in [-0.39, 0.29) is 24.9 Å². The van der Waals surface area contributed by atoms with Crippen molar-refractivity contribution < 1.29 is 18.3 Å². The lowest BCUT2D eigenvalue weighted by atomic mass is 10.0. The Bertz CT molecular complexity index is 1240. The lowest BCUT2D eigenvalue weighted by Gasteiger charge is -2.37. The van der Waals surface area contributed by atoms with Crippen LogP contribution < -0.4 is 4.74 Å². The van der Waals surface area contributed by atoms with E-state index in [0.29, 0.717) is 16.6 Å². The molecule has 4 aromatic rings. The van der Waals surface area contributed by atoms with Gasteiger partial charge in [-0.25, -0.2) is 13.8 Å². The molecule has 8 heteroatoms. The number of para-hydroxylation sites is 1. The maximum atomic E-state index is 14.6. The molecule has 6 nitrogen and oxygen atoms in total. The molecule has 3 aromatic heterocycles. The van der Waals surface area contributed by atoms with Gasteiger partial charge in [-0.15, -0.1) is 0 Å². The monoisotopic (exact) mass is 408 g/mol. The average Bonchev–Trinajstić information content (AvgIpc) is 3.19. The Morgan fingerprint density at radius 2 is 2.03 bits per heavy atom. The van der Waals surface area contributed by atoms with Crippen molar-refractivity contribution in [1.29, 1.82) is 0 Å². The van der Waals surface area contributed by atoms with Crippen molar-refractivity contribution in [3.05, 3.63) is 66.5 Å². The normalized spacial score (nSPS) is 18.6.